The van der Waals surface area contributed by atoms with E-state index in [9.17, 15) is 14.7 Å². The number of imidazole rings is 1. The highest BCUT2D eigenvalue weighted by molar-refractivity contribution is 7.98. The number of nitrogens with zero attached hydrogens (tertiary/aromatic N) is 5. The number of H-pyrrole nitrogens is 1. The zero-order valence-electron chi connectivity index (χ0n) is 17.5. The SMILES string of the molecule is COc1ccc(C(=O)O)cc1-n1c(CSc2ncnc3nc[nH]c23)nc2cccc(Cl)c2c1=O. The van der Waals surface area contributed by atoms with Crippen molar-refractivity contribution in [1.82, 2.24) is 29.5 Å². The van der Waals surface area contributed by atoms with Crippen LogP contribution in [-0.2, 0) is 5.75 Å². The molecule has 0 saturated carbocycles. The number of aromatic nitrogens is 6. The van der Waals surface area contributed by atoms with Gasteiger partial charge in [-0.25, -0.2) is 24.7 Å². The lowest BCUT2D eigenvalue weighted by molar-refractivity contribution is 0.0697. The van der Waals surface area contributed by atoms with E-state index in [4.69, 9.17) is 21.3 Å². The van der Waals surface area contributed by atoms with Gasteiger partial charge in [0.2, 0.25) is 0 Å². The predicted octanol–water partition coefficient (Wildman–Crippen LogP) is 3.70. The number of nitrogens with one attached hydrogen (secondary N) is 1. The number of methoxy groups -OCH3 is 1. The fraction of sp³-hybridized carbons (Fsp3) is 0.0909. The van der Waals surface area contributed by atoms with E-state index in [1.54, 1.807) is 18.2 Å². The third kappa shape index (κ3) is 3.74. The standard InChI is InChI=1S/C22H15ClN6O4S/c1-33-15-6-5-11(22(31)32)7-14(15)29-16(28-13-4-2-3-12(23)17(13)21(29)30)8-34-20-18-19(25-9-24-18)26-10-27-20/h2-7,9-10H,8H2,1H3,(H,31,32)(H,24,25,26,27). The van der Waals surface area contributed by atoms with Gasteiger partial charge in [-0.05, 0) is 30.3 Å². The molecular formula is C22H15ClN6O4S. The minimum Gasteiger partial charge on any atom is -0.495 e. The van der Waals surface area contributed by atoms with Crippen LogP contribution in [0.3, 0.4) is 0 Å². The van der Waals surface area contributed by atoms with Gasteiger partial charge in [-0.2, -0.15) is 0 Å². The Hall–Kier alpha value is -3.96. The van der Waals surface area contributed by atoms with E-state index in [1.165, 1.54) is 54.3 Å². The van der Waals surface area contributed by atoms with E-state index in [-0.39, 0.29) is 27.4 Å². The third-order valence-electron chi connectivity index (χ3n) is 5.11. The van der Waals surface area contributed by atoms with E-state index in [0.717, 1.165) is 0 Å². The van der Waals surface area contributed by atoms with Crippen molar-refractivity contribution in [3.63, 3.8) is 0 Å². The molecule has 0 aliphatic heterocycles. The Morgan fingerprint density at radius 2 is 2.09 bits per heavy atom. The van der Waals surface area contributed by atoms with Gasteiger partial charge in [0.1, 0.15) is 28.4 Å². The van der Waals surface area contributed by atoms with Crippen LogP contribution in [0.15, 0.2) is 58.9 Å². The number of hydrogen-bond donors (Lipinski definition) is 2. The lowest BCUT2D eigenvalue weighted by Gasteiger charge is -2.17. The van der Waals surface area contributed by atoms with Crippen molar-refractivity contribution in [2.75, 3.05) is 7.11 Å². The smallest absolute Gasteiger partial charge is 0.335 e. The van der Waals surface area contributed by atoms with Crippen LogP contribution in [-0.4, -0.2) is 47.7 Å². The van der Waals surface area contributed by atoms with Crippen LogP contribution in [0.5, 0.6) is 5.75 Å². The Kier molecular flexibility index (Phi) is 5.64. The van der Waals surface area contributed by atoms with E-state index in [0.29, 0.717) is 33.3 Å². The molecule has 0 unspecified atom stereocenters. The summed E-state index contributed by atoms with van der Waals surface area (Å²) in [5.74, 6) is -0.243. The largest absolute Gasteiger partial charge is 0.495 e. The number of carbonyl (C=O) groups is 1. The molecule has 3 heterocycles. The van der Waals surface area contributed by atoms with Crippen molar-refractivity contribution in [2.45, 2.75) is 10.8 Å². The molecule has 170 valence electrons. The maximum Gasteiger partial charge on any atom is 0.335 e. The van der Waals surface area contributed by atoms with E-state index >= 15 is 0 Å². The van der Waals surface area contributed by atoms with Gasteiger partial charge in [-0.1, -0.05) is 29.4 Å². The molecule has 0 spiro atoms. The average Bonchev–Trinajstić information content (AvgIpc) is 3.32. The van der Waals surface area contributed by atoms with Crippen LogP contribution in [0, 0.1) is 0 Å². The van der Waals surface area contributed by atoms with Crippen LogP contribution in [0.1, 0.15) is 16.2 Å². The van der Waals surface area contributed by atoms with Gasteiger partial charge in [0.25, 0.3) is 5.56 Å². The van der Waals surface area contributed by atoms with E-state index in [1.807, 2.05) is 0 Å². The lowest BCUT2D eigenvalue weighted by Crippen LogP contribution is -2.24. The highest BCUT2D eigenvalue weighted by atomic mass is 35.5. The van der Waals surface area contributed by atoms with Crippen LogP contribution in [0.2, 0.25) is 5.02 Å². The summed E-state index contributed by atoms with van der Waals surface area (Å²) in [5, 5.41) is 10.6. The first-order valence-electron chi connectivity index (χ1n) is 9.86. The number of rotatable bonds is 6. The van der Waals surface area contributed by atoms with Gasteiger partial charge in [0.05, 0.1) is 46.4 Å². The van der Waals surface area contributed by atoms with E-state index < -0.39 is 11.5 Å². The Bertz CT molecular complexity index is 1630. The lowest BCUT2D eigenvalue weighted by atomic mass is 10.1. The van der Waals surface area contributed by atoms with E-state index in [2.05, 4.69) is 19.9 Å². The normalized spacial score (nSPS) is 11.2. The van der Waals surface area contributed by atoms with Crippen molar-refractivity contribution >= 4 is 51.4 Å². The molecule has 5 rings (SSSR count). The van der Waals surface area contributed by atoms with Crippen molar-refractivity contribution in [3.05, 3.63) is 75.8 Å². The maximum atomic E-state index is 13.7. The molecule has 0 aliphatic carbocycles. The molecule has 10 nitrogen and oxygen atoms in total. The summed E-state index contributed by atoms with van der Waals surface area (Å²) >= 11 is 7.67. The highest BCUT2D eigenvalue weighted by Crippen LogP contribution is 2.30. The molecule has 2 N–H and O–H groups in total. The van der Waals surface area contributed by atoms with Crippen LogP contribution in [0.4, 0.5) is 0 Å². The van der Waals surface area contributed by atoms with Crippen molar-refractivity contribution in [3.8, 4) is 11.4 Å². The number of hydrogen-bond acceptors (Lipinski definition) is 8. The summed E-state index contributed by atoms with van der Waals surface area (Å²) in [7, 11) is 1.44. The summed E-state index contributed by atoms with van der Waals surface area (Å²) in [5.41, 5.74) is 1.40. The summed E-state index contributed by atoms with van der Waals surface area (Å²) in [4.78, 5) is 45.6. The number of halogens is 1. The number of aromatic amines is 1. The molecule has 0 aliphatic rings. The Labute approximate surface area is 200 Å². The molecule has 34 heavy (non-hydrogen) atoms. The predicted molar refractivity (Wildman–Crippen MR) is 127 cm³/mol. The minimum atomic E-state index is -1.14. The zero-order chi connectivity index (χ0) is 23.8. The molecule has 0 radical (unpaired) electrons. The fourth-order valence-corrected chi connectivity index (χ4v) is 4.69. The number of benzene rings is 2. The Balaban J connectivity index is 1.73. The molecule has 0 bridgehead atoms. The number of carboxylic acids is 1. The maximum absolute atomic E-state index is 13.7. The van der Waals surface area contributed by atoms with Gasteiger partial charge in [-0.15, -0.1) is 0 Å². The second kappa shape index (κ2) is 8.76. The second-order valence-corrected chi connectivity index (χ2v) is 8.43. The molecular weight excluding hydrogens is 480 g/mol. The molecule has 0 saturated heterocycles. The molecule has 5 aromatic rings. The van der Waals surface area contributed by atoms with Gasteiger partial charge in [0, 0.05) is 0 Å². The van der Waals surface area contributed by atoms with Crippen molar-refractivity contribution in [1.29, 1.82) is 0 Å². The third-order valence-corrected chi connectivity index (χ3v) is 6.41. The first kappa shape index (κ1) is 21.9. The van der Waals surface area contributed by atoms with Crippen LogP contribution >= 0.6 is 23.4 Å². The molecule has 0 amide bonds. The first-order chi connectivity index (χ1) is 16.5. The molecule has 12 heteroatoms. The summed E-state index contributed by atoms with van der Waals surface area (Å²) in [6.07, 6.45) is 2.93. The number of ether oxygens (including phenoxy) is 1. The monoisotopic (exact) mass is 494 g/mol. The molecule has 0 atom stereocenters. The molecule has 2 aromatic carbocycles. The average molecular weight is 495 g/mol. The Morgan fingerprint density at radius 3 is 2.88 bits per heavy atom. The van der Waals surface area contributed by atoms with Gasteiger partial charge >= 0.3 is 5.97 Å². The number of carboxylic acid groups (broad SMARTS) is 1. The first-order valence-corrected chi connectivity index (χ1v) is 11.2. The topological polar surface area (TPSA) is 136 Å². The summed E-state index contributed by atoms with van der Waals surface area (Å²) in [6.45, 7) is 0. The van der Waals surface area contributed by atoms with Gasteiger partial charge in [-0.3, -0.25) is 9.36 Å². The summed E-state index contributed by atoms with van der Waals surface area (Å²) in [6, 6.07) is 9.29. The van der Waals surface area contributed by atoms with Crippen molar-refractivity contribution in [2.24, 2.45) is 0 Å². The van der Waals surface area contributed by atoms with Crippen LogP contribution < -0.4 is 10.3 Å². The van der Waals surface area contributed by atoms with Crippen LogP contribution in [0.25, 0.3) is 27.8 Å². The highest BCUT2D eigenvalue weighted by Gasteiger charge is 2.20. The molecule has 0 fully saturated rings. The zero-order valence-corrected chi connectivity index (χ0v) is 19.1. The number of aromatic carboxylic acids is 1. The van der Waals surface area contributed by atoms with Gasteiger partial charge in [0.15, 0.2) is 5.65 Å². The minimum absolute atomic E-state index is 0.00414. The second-order valence-electron chi connectivity index (χ2n) is 7.06. The number of thioether (sulfide) groups is 1. The van der Waals surface area contributed by atoms with Crippen molar-refractivity contribution < 1.29 is 14.6 Å². The fourth-order valence-electron chi connectivity index (χ4n) is 3.56. The Morgan fingerprint density at radius 1 is 1.24 bits per heavy atom. The summed E-state index contributed by atoms with van der Waals surface area (Å²) < 4.78 is 6.77. The number of fused-ring (bicyclic) bond motifs is 2. The quantitative estimate of drug-likeness (QED) is 0.267. The molecule has 3 aromatic heterocycles. The van der Waals surface area contributed by atoms with Gasteiger partial charge < -0.3 is 14.8 Å².